The first kappa shape index (κ1) is 30.0. The summed E-state index contributed by atoms with van der Waals surface area (Å²) in [5, 5.41) is 31.5. The number of benzene rings is 2. The van der Waals surface area contributed by atoms with Gasteiger partial charge in [-0.2, -0.15) is 15.0 Å². The molecule has 0 spiro atoms. The third kappa shape index (κ3) is 8.53. The molecule has 5 aromatic rings. The van der Waals surface area contributed by atoms with E-state index in [4.69, 9.17) is 4.63 Å². The standard InChI is InChI=1S/C29H32FN11O3/c30-21-9-7-8-20(18-21)19-35-29-37-27(36-28(38-29)34-17-13-22-10-3-6-14-31-22)33-16-5-2-1-4-15-32-23-11-12-24(41(42)43)26-25(23)39-44-40-26/h3,6-12,14,18,32H,1-2,4-5,13,15-17,19H2,(H3,33,34,35,36,37,38). The second-order valence-corrected chi connectivity index (χ2v) is 9.91. The largest absolute Gasteiger partial charge is 0.383 e. The van der Waals surface area contributed by atoms with Crippen molar-refractivity contribution in [3.8, 4) is 0 Å². The molecule has 0 amide bonds. The van der Waals surface area contributed by atoms with Gasteiger partial charge in [-0.15, -0.1) is 0 Å². The first-order chi connectivity index (χ1) is 21.5. The molecule has 0 saturated carbocycles. The molecule has 3 aromatic heterocycles. The van der Waals surface area contributed by atoms with Crippen molar-refractivity contribution in [2.24, 2.45) is 0 Å². The van der Waals surface area contributed by atoms with Crippen molar-refractivity contribution in [2.45, 2.75) is 38.6 Å². The second kappa shape index (κ2) is 15.1. The molecule has 0 unspecified atom stereocenters. The summed E-state index contributed by atoms with van der Waals surface area (Å²) in [5.41, 5.74) is 2.71. The van der Waals surface area contributed by atoms with Crippen LogP contribution in [0.15, 0.2) is 65.4 Å². The molecular weight excluding hydrogens is 569 g/mol. The molecule has 14 nitrogen and oxygen atoms in total. The number of nitro groups is 1. The maximum absolute atomic E-state index is 13.6. The third-order valence-electron chi connectivity index (χ3n) is 6.66. The minimum Gasteiger partial charge on any atom is -0.383 e. The smallest absolute Gasteiger partial charge is 0.300 e. The van der Waals surface area contributed by atoms with Crippen molar-refractivity contribution in [2.75, 3.05) is 40.9 Å². The molecular formula is C29H32FN11O3. The summed E-state index contributed by atoms with van der Waals surface area (Å²) in [7, 11) is 0. The molecule has 2 aromatic carbocycles. The van der Waals surface area contributed by atoms with Gasteiger partial charge in [0.2, 0.25) is 23.4 Å². The van der Waals surface area contributed by atoms with Crippen LogP contribution in [0.5, 0.6) is 0 Å². The molecule has 0 aliphatic heterocycles. The number of nitrogens with one attached hydrogen (secondary N) is 4. The number of aromatic nitrogens is 6. The van der Waals surface area contributed by atoms with Crippen LogP contribution in [0.2, 0.25) is 0 Å². The Morgan fingerprint density at radius 1 is 0.773 bits per heavy atom. The van der Waals surface area contributed by atoms with Gasteiger partial charge >= 0.3 is 5.69 Å². The number of halogens is 1. The molecule has 0 atom stereocenters. The predicted molar refractivity (Wildman–Crippen MR) is 164 cm³/mol. The van der Waals surface area contributed by atoms with Gasteiger partial charge in [-0.1, -0.05) is 31.0 Å². The highest BCUT2D eigenvalue weighted by Gasteiger charge is 2.19. The molecule has 0 bridgehead atoms. The average Bonchev–Trinajstić information content (AvgIpc) is 3.52. The lowest BCUT2D eigenvalue weighted by Crippen LogP contribution is -2.14. The van der Waals surface area contributed by atoms with Crippen molar-refractivity contribution in [1.82, 2.24) is 30.2 Å². The van der Waals surface area contributed by atoms with Crippen molar-refractivity contribution in [1.29, 1.82) is 0 Å². The number of hydrogen-bond acceptors (Lipinski definition) is 13. The van der Waals surface area contributed by atoms with Gasteiger partial charge in [0.15, 0.2) is 5.52 Å². The zero-order chi connectivity index (χ0) is 30.6. The van der Waals surface area contributed by atoms with Gasteiger partial charge in [0.1, 0.15) is 5.82 Å². The Balaban J connectivity index is 1.08. The van der Waals surface area contributed by atoms with E-state index in [2.05, 4.69) is 51.5 Å². The maximum atomic E-state index is 13.6. The lowest BCUT2D eigenvalue weighted by Gasteiger charge is -2.12. The number of anilines is 4. The van der Waals surface area contributed by atoms with E-state index in [1.54, 1.807) is 18.3 Å². The van der Waals surface area contributed by atoms with Crippen molar-refractivity contribution in [3.05, 3.63) is 88.0 Å². The molecule has 3 heterocycles. The van der Waals surface area contributed by atoms with E-state index < -0.39 is 4.92 Å². The van der Waals surface area contributed by atoms with E-state index in [1.165, 1.54) is 18.2 Å². The Kier molecular flexibility index (Phi) is 10.3. The summed E-state index contributed by atoms with van der Waals surface area (Å²) >= 11 is 0. The van der Waals surface area contributed by atoms with Gasteiger partial charge in [-0.3, -0.25) is 15.1 Å². The quantitative estimate of drug-likeness (QED) is 0.0620. The number of nitrogens with zero attached hydrogens (tertiary/aromatic N) is 7. The highest BCUT2D eigenvalue weighted by atomic mass is 19.1. The number of nitro benzene ring substituents is 1. The normalized spacial score (nSPS) is 10.9. The summed E-state index contributed by atoms with van der Waals surface area (Å²) in [4.78, 5) is 28.5. The van der Waals surface area contributed by atoms with Crippen LogP contribution in [0, 0.1) is 15.9 Å². The summed E-state index contributed by atoms with van der Waals surface area (Å²) in [6, 6.07) is 15.2. The lowest BCUT2D eigenvalue weighted by atomic mass is 10.2. The number of rotatable bonds is 17. The molecule has 44 heavy (non-hydrogen) atoms. The second-order valence-electron chi connectivity index (χ2n) is 9.91. The maximum Gasteiger partial charge on any atom is 0.300 e. The Morgan fingerprint density at radius 3 is 2.23 bits per heavy atom. The van der Waals surface area contributed by atoms with Gasteiger partial charge < -0.3 is 21.3 Å². The zero-order valence-electron chi connectivity index (χ0n) is 23.9. The average molecular weight is 602 g/mol. The number of hydrogen-bond donors (Lipinski definition) is 4. The van der Waals surface area contributed by atoms with Gasteiger partial charge in [0.05, 0.1) is 10.6 Å². The molecule has 0 fully saturated rings. The monoisotopic (exact) mass is 601 g/mol. The number of fused-ring (bicyclic) bond motifs is 1. The van der Waals surface area contributed by atoms with Crippen molar-refractivity contribution < 1.29 is 13.9 Å². The summed E-state index contributed by atoms with van der Waals surface area (Å²) in [6.07, 6.45) is 6.21. The van der Waals surface area contributed by atoms with Crippen LogP contribution in [-0.4, -0.2) is 54.8 Å². The zero-order valence-corrected chi connectivity index (χ0v) is 23.9. The molecule has 15 heteroatoms. The predicted octanol–water partition coefficient (Wildman–Crippen LogP) is 5.20. The molecule has 0 saturated heterocycles. The Morgan fingerprint density at radius 2 is 1.50 bits per heavy atom. The summed E-state index contributed by atoms with van der Waals surface area (Å²) in [6.45, 7) is 2.30. The first-order valence-corrected chi connectivity index (χ1v) is 14.3. The van der Waals surface area contributed by atoms with E-state index in [9.17, 15) is 14.5 Å². The van der Waals surface area contributed by atoms with E-state index in [0.717, 1.165) is 36.9 Å². The van der Waals surface area contributed by atoms with E-state index >= 15 is 0 Å². The van der Waals surface area contributed by atoms with Crippen LogP contribution in [0.3, 0.4) is 0 Å². The minimum absolute atomic E-state index is 0.128. The molecule has 0 aliphatic rings. The Bertz CT molecular complexity index is 1670. The minimum atomic E-state index is -0.507. The summed E-state index contributed by atoms with van der Waals surface area (Å²) < 4.78 is 18.3. The van der Waals surface area contributed by atoms with Gasteiger partial charge in [-0.25, -0.2) is 9.02 Å². The fourth-order valence-electron chi connectivity index (χ4n) is 4.46. The van der Waals surface area contributed by atoms with E-state index in [-0.39, 0.29) is 17.0 Å². The Hall–Kier alpha value is -5.47. The third-order valence-corrected chi connectivity index (χ3v) is 6.66. The van der Waals surface area contributed by atoms with Crippen molar-refractivity contribution in [3.63, 3.8) is 0 Å². The summed E-state index contributed by atoms with van der Waals surface area (Å²) in [5.74, 6) is 0.938. The highest BCUT2D eigenvalue weighted by Crippen LogP contribution is 2.28. The molecule has 4 N–H and O–H groups in total. The molecule has 5 rings (SSSR count). The number of unbranched alkanes of at least 4 members (excludes halogenated alkanes) is 3. The SMILES string of the molecule is O=[N+]([O-])c1ccc(NCCCCCCNc2nc(NCCc3ccccn3)nc(NCc3cccc(F)c3)n2)c2nonc12. The van der Waals surface area contributed by atoms with Crippen LogP contribution in [-0.2, 0) is 13.0 Å². The van der Waals surface area contributed by atoms with Gasteiger partial charge in [0, 0.05) is 50.6 Å². The van der Waals surface area contributed by atoms with Crippen LogP contribution in [0.4, 0.5) is 33.6 Å². The topological polar surface area (TPSA) is 182 Å². The fourth-order valence-corrected chi connectivity index (χ4v) is 4.46. The number of pyridine rings is 1. The van der Waals surface area contributed by atoms with Crippen LogP contribution >= 0.6 is 0 Å². The number of non-ortho nitro benzene ring substituents is 1. The Labute approximate surface area is 252 Å². The lowest BCUT2D eigenvalue weighted by molar-refractivity contribution is -0.383. The highest BCUT2D eigenvalue weighted by molar-refractivity contribution is 5.93. The van der Waals surface area contributed by atoms with Crippen LogP contribution in [0.1, 0.15) is 36.9 Å². The van der Waals surface area contributed by atoms with Gasteiger partial charge in [0.25, 0.3) is 0 Å². The molecule has 228 valence electrons. The fraction of sp³-hybridized carbons (Fsp3) is 0.310. The van der Waals surface area contributed by atoms with Crippen molar-refractivity contribution >= 4 is 40.3 Å². The van der Waals surface area contributed by atoms with Gasteiger partial charge in [-0.05, 0) is 59.1 Å². The van der Waals surface area contributed by atoms with Crippen LogP contribution in [0.25, 0.3) is 11.0 Å². The van der Waals surface area contributed by atoms with E-state index in [0.29, 0.717) is 61.6 Å². The van der Waals surface area contributed by atoms with Crippen LogP contribution < -0.4 is 21.3 Å². The molecule has 0 radical (unpaired) electrons. The van der Waals surface area contributed by atoms with E-state index in [1.807, 2.05) is 24.3 Å². The first-order valence-electron chi connectivity index (χ1n) is 14.3. The molecule has 0 aliphatic carbocycles.